The number of hydrogen-bond acceptors (Lipinski definition) is 5. The number of carbonyl (C=O) groups is 1. The zero-order valence-electron chi connectivity index (χ0n) is 16.3. The number of aromatic amines is 1. The van der Waals surface area contributed by atoms with Crippen LogP contribution in [0.4, 0.5) is 13.2 Å². The second-order valence-electron chi connectivity index (χ2n) is 7.06. The Labute approximate surface area is 172 Å². The molecule has 0 unspecified atom stereocenters. The number of halogens is 3. The quantitative estimate of drug-likeness (QED) is 0.515. The normalized spacial score (nSPS) is 11.9. The third-order valence-electron chi connectivity index (χ3n) is 4.39. The Morgan fingerprint density at radius 3 is 2.58 bits per heavy atom. The molecular weight excluding hydrogens is 415 g/mol. The molecule has 2 N–H and O–H groups in total. The minimum Gasteiger partial charge on any atom is -0.431 e. The number of oxazole rings is 1. The first kappa shape index (κ1) is 20.4. The summed E-state index contributed by atoms with van der Waals surface area (Å²) in [6.07, 6.45) is -1.77. The Bertz CT molecular complexity index is 1320. The molecule has 0 spiro atoms. The van der Waals surface area contributed by atoms with Crippen LogP contribution < -0.4 is 10.9 Å². The Morgan fingerprint density at radius 1 is 1.23 bits per heavy atom. The van der Waals surface area contributed by atoms with Crippen LogP contribution in [0, 0.1) is 0 Å². The van der Waals surface area contributed by atoms with Crippen molar-refractivity contribution >= 4 is 11.6 Å². The predicted octanol–water partition coefficient (Wildman–Crippen LogP) is 3.50. The number of benzene rings is 1. The number of aromatic nitrogens is 4. The maximum atomic E-state index is 12.8. The van der Waals surface area contributed by atoms with Gasteiger partial charge in [-0.1, -0.05) is 12.1 Å². The molecule has 0 radical (unpaired) electrons. The monoisotopic (exact) mass is 431 g/mol. The van der Waals surface area contributed by atoms with E-state index in [9.17, 15) is 22.8 Å². The van der Waals surface area contributed by atoms with Gasteiger partial charge in [0.1, 0.15) is 0 Å². The Hall–Kier alpha value is -3.89. The summed E-state index contributed by atoms with van der Waals surface area (Å²) in [6.45, 7) is 3.60. The van der Waals surface area contributed by atoms with E-state index in [1.54, 1.807) is 13.8 Å². The van der Waals surface area contributed by atoms with Crippen molar-refractivity contribution in [3.05, 3.63) is 64.4 Å². The van der Waals surface area contributed by atoms with Crippen molar-refractivity contribution in [1.29, 1.82) is 0 Å². The van der Waals surface area contributed by atoms with E-state index < -0.39 is 23.2 Å². The fourth-order valence-corrected chi connectivity index (χ4v) is 2.95. The van der Waals surface area contributed by atoms with Gasteiger partial charge in [-0.05, 0) is 26.0 Å². The van der Waals surface area contributed by atoms with Crippen LogP contribution in [0.3, 0.4) is 0 Å². The molecule has 11 heteroatoms. The van der Waals surface area contributed by atoms with Gasteiger partial charge in [-0.15, -0.1) is 0 Å². The number of alkyl halides is 3. The van der Waals surface area contributed by atoms with Crippen LogP contribution in [-0.4, -0.2) is 31.5 Å². The topological polar surface area (TPSA) is 105 Å². The number of carbonyl (C=O) groups excluding carboxylic acids is 1. The molecule has 1 aromatic carbocycles. The minimum absolute atomic E-state index is 0.00992. The van der Waals surface area contributed by atoms with Crippen molar-refractivity contribution in [2.45, 2.75) is 26.1 Å². The van der Waals surface area contributed by atoms with Gasteiger partial charge in [0.15, 0.2) is 5.65 Å². The van der Waals surface area contributed by atoms with E-state index in [-0.39, 0.29) is 29.0 Å². The molecule has 31 heavy (non-hydrogen) atoms. The van der Waals surface area contributed by atoms with Crippen molar-refractivity contribution in [1.82, 2.24) is 24.9 Å². The van der Waals surface area contributed by atoms with Gasteiger partial charge in [-0.2, -0.15) is 13.2 Å². The highest BCUT2D eigenvalue weighted by molar-refractivity contribution is 5.91. The molecule has 1 amide bonds. The molecule has 0 aliphatic rings. The first-order valence-corrected chi connectivity index (χ1v) is 9.19. The van der Waals surface area contributed by atoms with Gasteiger partial charge in [0.05, 0.1) is 23.0 Å². The average Bonchev–Trinajstić information content (AvgIpc) is 3.34. The minimum atomic E-state index is -4.46. The summed E-state index contributed by atoms with van der Waals surface area (Å²) in [5, 5.41) is 5.40. The van der Waals surface area contributed by atoms with Crippen molar-refractivity contribution in [3.63, 3.8) is 0 Å². The van der Waals surface area contributed by atoms with Crippen LogP contribution in [0.2, 0.25) is 0 Å². The van der Waals surface area contributed by atoms with Crippen LogP contribution in [-0.2, 0) is 6.18 Å². The second-order valence-corrected chi connectivity index (χ2v) is 7.06. The van der Waals surface area contributed by atoms with Crippen molar-refractivity contribution in [2.75, 3.05) is 0 Å². The Morgan fingerprint density at radius 2 is 1.94 bits per heavy atom. The number of rotatable bonds is 4. The molecule has 3 aromatic heterocycles. The lowest BCUT2D eigenvalue weighted by molar-refractivity contribution is -0.137. The second kappa shape index (κ2) is 7.42. The SMILES string of the molecule is CC(C)NC(=O)c1cnc(-c2c[nH]n3c(=O)cc(-c4ccc(C(F)(F)F)cc4)nc23)o1. The summed E-state index contributed by atoms with van der Waals surface area (Å²) in [7, 11) is 0. The molecule has 160 valence electrons. The molecule has 8 nitrogen and oxygen atoms in total. The summed E-state index contributed by atoms with van der Waals surface area (Å²) < 4.78 is 45.1. The summed E-state index contributed by atoms with van der Waals surface area (Å²) in [5.74, 6) is -0.391. The fourth-order valence-electron chi connectivity index (χ4n) is 2.95. The van der Waals surface area contributed by atoms with Gasteiger partial charge >= 0.3 is 6.18 Å². The number of nitrogens with one attached hydrogen (secondary N) is 2. The zero-order chi connectivity index (χ0) is 22.3. The first-order valence-electron chi connectivity index (χ1n) is 9.19. The van der Waals surface area contributed by atoms with Crippen LogP contribution >= 0.6 is 0 Å². The van der Waals surface area contributed by atoms with E-state index in [1.807, 2.05) is 0 Å². The van der Waals surface area contributed by atoms with E-state index in [0.717, 1.165) is 16.6 Å². The molecule has 0 aliphatic heterocycles. The molecule has 4 aromatic rings. The molecule has 0 saturated carbocycles. The largest absolute Gasteiger partial charge is 0.431 e. The lowest BCUT2D eigenvalue weighted by atomic mass is 10.1. The lowest BCUT2D eigenvalue weighted by Crippen LogP contribution is -2.29. The van der Waals surface area contributed by atoms with Gasteiger partial charge in [-0.3, -0.25) is 14.7 Å². The van der Waals surface area contributed by atoms with Crippen LogP contribution in [0.1, 0.15) is 30.0 Å². The molecule has 0 aliphatic carbocycles. The summed E-state index contributed by atoms with van der Waals surface area (Å²) >= 11 is 0. The van der Waals surface area contributed by atoms with Gasteiger partial charge < -0.3 is 9.73 Å². The van der Waals surface area contributed by atoms with E-state index in [2.05, 4.69) is 20.4 Å². The third kappa shape index (κ3) is 3.93. The third-order valence-corrected chi connectivity index (χ3v) is 4.39. The molecule has 0 atom stereocenters. The zero-order valence-corrected chi connectivity index (χ0v) is 16.3. The number of nitrogens with zero attached hydrogens (tertiary/aromatic N) is 3. The Kier molecular flexibility index (Phi) is 4.88. The smallest absolute Gasteiger partial charge is 0.416 e. The van der Waals surface area contributed by atoms with Gasteiger partial charge in [0, 0.05) is 23.9 Å². The molecular formula is C20H16F3N5O3. The summed E-state index contributed by atoms with van der Waals surface area (Å²) in [4.78, 5) is 33.0. The Balaban J connectivity index is 1.75. The van der Waals surface area contributed by atoms with E-state index in [0.29, 0.717) is 11.1 Å². The maximum absolute atomic E-state index is 12.8. The molecule has 0 bridgehead atoms. The molecule has 4 rings (SSSR count). The number of H-pyrrole nitrogens is 1. The average molecular weight is 431 g/mol. The standard InChI is InChI=1S/C20H16F3N5O3/c1-10(2)26-18(30)15-9-24-19(31-15)13-8-25-28-16(29)7-14(27-17(13)28)11-3-5-12(6-4-11)20(21,22)23/h3-10,25H,1-2H3,(H,26,30). The van der Waals surface area contributed by atoms with Crippen molar-refractivity contribution < 1.29 is 22.4 Å². The highest BCUT2D eigenvalue weighted by Crippen LogP contribution is 2.31. The highest BCUT2D eigenvalue weighted by Gasteiger charge is 2.30. The van der Waals surface area contributed by atoms with E-state index >= 15 is 0 Å². The summed E-state index contributed by atoms with van der Waals surface area (Å²) in [5.41, 5.74) is -0.290. The summed E-state index contributed by atoms with van der Waals surface area (Å²) in [6, 6.07) is 5.43. The predicted molar refractivity (Wildman–Crippen MR) is 104 cm³/mol. The van der Waals surface area contributed by atoms with Crippen molar-refractivity contribution in [3.8, 4) is 22.7 Å². The first-order chi connectivity index (χ1) is 14.6. The van der Waals surface area contributed by atoms with Crippen molar-refractivity contribution in [2.24, 2.45) is 0 Å². The fraction of sp³-hybridized carbons (Fsp3) is 0.200. The van der Waals surface area contributed by atoms with Crippen LogP contribution in [0.5, 0.6) is 0 Å². The number of amides is 1. The van der Waals surface area contributed by atoms with E-state index in [4.69, 9.17) is 4.42 Å². The lowest BCUT2D eigenvalue weighted by Gasteiger charge is -2.07. The van der Waals surface area contributed by atoms with Crippen LogP contribution in [0.25, 0.3) is 28.4 Å². The van der Waals surface area contributed by atoms with Gasteiger partial charge in [-0.25, -0.2) is 14.5 Å². The van der Waals surface area contributed by atoms with Crippen LogP contribution in [0.15, 0.2) is 51.9 Å². The molecule has 0 fully saturated rings. The molecule has 0 saturated heterocycles. The number of hydrogen-bond donors (Lipinski definition) is 2. The van der Waals surface area contributed by atoms with E-state index in [1.165, 1.54) is 30.6 Å². The van der Waals surface area contributed by atoms with Gasteiger partial charge in [0.2, 0.25) is 11.7 Å². The molecule has 3 heterocycles. The van der Waals surface area contributed by atoms with Gasteiger partial charge in [0.25, 0.3) is 11.5 Å². The number of fused-ring (bicyclic) bond motifs is 1. The maximum Gasteiger partial charge on any atom is 0.416 e. The highest BCUT2D eigenvalue weighted by atomic mass is 19.4.